The molecule has 7 nitrogen and oxygen atoms in total. The van der Waals surface area contributed by atoms with Crippen molar-refractivity contribution >= 4 is 16.0 Å². The van der Waals surface area contributed by atoms with Gasteiger partial charge in [0, 0.05) is 13.1 Å². The maximum Gasteiger partial charge on any atom is 0.318 e. The molecule has 17 heavy (non-hydrogen) atoms. The highest BCUT2D eigenvalue weighted by Gasteiger charge is 2.40. The van der Waals surface area contributed by atoms with Crippen LogP contribution in [-0.2, 0) is 21.9 Å². The fourth-order valence-electron chi connectivity index (χ4n) is 1.64. The summed E-state index contributed by atoms with van der Waals surface area (Å²) in [6.07, 6.45) is 2.80. The first-order valence-electron chi connectivity index (χ1n) is 5.14. The molecule has 1 aromatic rings. The molecule has 0 unspecified atom stereocenters. The van der Waals surface area contributed by atoms with Gasteiger partial charge in [0.25, 0.3) is 10.0 Å². The Labute approximate surface area is 98.7 Å². The van der Waals surface area contributed by atoms with Crippen LogP contribution in [0.15, 0.2) is 17.3 Å². The highest BCUT2D eigenvalue weighted by molar-refractivity contribution is 7.89. The molecule has 0 atom stereocenters. The molecule has 1 aliphatic carbocycles. The molecule has 8 heteroatoms. The standard InChI is InChI=1S/C9H13N3O4S/c1-11-8(4-5-10-11)17(15,16)12(6-9(13)14)7-2-3-7/h4-5,7H,2-3,6H2,1H3,(H,13,14). The molecule has 1 heterocycles. The molecule has 2 rings (SSSR count). The second-order valence-corrected chi connectivity index (χ2v) is 5.81. The van der Waals surface area contributed by atoms with E-state index in [1.54, 1.807) is 0 Å². The molecule has 0 bridgehead atoms. The number of nitrogens with zero attached hydrogens (tertiary/aromatic N) is 3. The number of aliphatic carboxylic acids is 1. The van der Waals surface area contributed by atoms with E-state index in [4.69, 9.17) is 5.11 Å². The third kappa shape index (κ3) is 2.32. The van der Waals surface area contributed by atoms with Crippen LogP contribution in [0.3, 0.4) is 0 Å². The van der Waals surface area contributed by atoms with Gasteiger partial charge in [-0.15, -0.1) is 0 Å². The van der Waals surface area contributed by atoms with Crippen LogP contribution in [0.5, 0.6) is 0 Å². The molecule has 1 fully saturated rings. The molecule has 1 N–H and O–H groups in total. The van der Waals surface area contributed by atoms with Crippen molar-refractivity contribution in [3.05, 3.63) is 12.3 Å². The van der Waals surface area contributed by atoms with Gasteiger partial charge in [-0.3, -0.25) is 9.48 Å². The Balaban J connectivity index is 2.35. The zero-order chi connectivity index (χ0) is 12.6. The van der Waals surface area contributed by atoms with E-state index in [1.165, 1.54) is 24.0 Å². The summed E-state index contributed by atoms with van der Waals surface area (Å²) in [7, 11) is -2.25. The molecule has 94 valence electrons. The lowest BCUT2D eigenvalue weighted by molar-refractivity contribution is -0.137. The summed E-state index contributed by atoms with van der Waals surface area (Å²) in [6, 6.07) is 1.18. The van der Waals surface area contributed by atoms with Crippen LogP contribution in [0.25, 0.3) is 0 Å². The minimum absolute atomic E-state index is 0.0191. The van der Waals surface area contributed by atoms with Crippen LogP contribution in [-0.4, -0.2) is 46.2 Å². The second-order valence-electron chi connectivity index (χ2n) is 3.97. The van der Waals surface area contributed by atoms with Crippen molar-refractivity contribution in [2.24, 2.45) is 7.05 Å². The molecule has 0 amide bonds. The second kappa shape index (κ2) is 4.11. The van der Waals surface area contributed by atoms with E-state index in [0.717, 1.165) is 4.31 Å². The maximum atomic E-state index is 12.2. The van der Waals surface area contributed by atoms with Crippen LogP contribution in [0.4, 0.5) is 0 Å². The highest BCUT2D eigenvalue weighted by Crippen LogP contribution is 2.31. The van der Waals surface area contributed by atoms with Gasteiger partial charge in [-0.1, -0.05) is 0 Å². The zero-order valence-electron chi connectivity index (χ0n) is 9.28. The third-order valence-corrected chi connectivity index (χ3v) is 4.57. The molecule has 1 aliphatic rings. The number of hydrogen-bond donors (Lipinski definition) is 1. The Morgan fingerprint density at radius 3 is 2.71 bits per heavy atom. The summed E-state index contributed by atoms with van der Waals surface area (Å²) in [5.41, 5.74) is 0. The van der Waals surface area contributed by atoms with Crippen molar-refractivity contribution in [3.63, 3.8) is 0 Å². The number of aryl methyl sites for hydroxylation is 1. The van der Waals surface area contributed by atoms with Gasteiger partial charge in [0.2, 0.25) is 0 Å². The number of carboxylic acids is 1. The van der Waals surface area contributed by atoms with Gasteiger partial charge in [-0.2, -0.15) is 9.40 Å². The molecular weight excluding hydrogens is 246 g/mol. The first-order valence-corrected chi connectivity index (χ1v) is 6.58. The van der Waals surface area contributed by atoms with E-state index in [9.17, 15) is 13.2 Å². The molecule has 0 radical (unpaired) electrons. The van der Waals surface area contributed by atoms with Gasteiger partial charge in [-0.05, 0) is 18.9 Å². The minimum atomic E-state index is -3.77. The van der Waals surface area contributed by atoms with Crippen molar-refractivity contribution < 1.29 is 18.3 Å². The van der Waals surface area contributed by atoms with E-state index in [1.807, 2.05) is 0 Å². The van der Waals surface area contributed by atoms with E-state index in [2.05, 4.69) is 5.10 Å². The number of aromatic nitrogens is 2. The van der Waals surface area contributed by atoms with Crippen molar-refractivity contribution in [3.8, 4) is 0 Å². The zero-order valence-corrected chi connectivity index (χ0v) is 10.1. The highest BCUT2D eigenvalue weighted by atomic mass is 32.2. The normalized spacial score (nSPS) is 16.4. The van der Waals surface area contributed by atoms with Crippen molar-refractivity contribution in [1.29, 1.82) is 0 Å². The Bertz CT molecular complexity index is 532. The lowest BCUT2D eigenvalue weighted by Gasteiger charge is -2.19. The average Bonchev–Trinajstić information content (AvgIpc) is 2.96. The molecule has 0 aromatic carbocycles. The lowest BCUT2D eigenvalue weighted by atomic mass is 10.6. The summed E-state index contributed by atoms with van der Waals surface area (Å²) in [4.78, 5) is 10.7. The summed E-state index contributed by atoms with van der Waals surface area (Å²) in [5, 5.41) is 12.6. The van der Waals surface area contributed by atoms with E-state index < -0.39 is 22.5 Å². The number of rotatable bonds is 5. The van der Waals surface area contributed by atoms with Crippen LogP contribution in [0, 0.1) is 0 Å². The van der Waals surface area contributed by atoms with Crippen molar-refractivity contribution in [1.82, 2.24) is 14.1 Å². The van der Waals surface area contributed by atoms with E-state index in [-0.39, 0.29) is 11.1 Å². The monoisotopic (exact) mass is 259 g/mol. The van der Waals surface area contributed by atoms with E-state index in [0.29, 0.717) is 12.8 Å². The first-order chi connectivity index (χ1) is 7.93. The fourth-order valence-corrected chi connectivity index (χ4v) is 3.38. The number of carboxylic acid groups (broad SMARTS) is 1. The SMILES string of the molecule is Cn1nccc1S(=O)(=O)N(CC(=O)O)C1CC1. The van der Waals surface area contributed by atoms with Gasteiger partial charge >= 0.3 is 5.97 Å². The third-order valence-electron chi connectivity index (χ3n) is 2.59. The topological polar surface area (TPSA) is 92.5 Å². The van der Waals surface area contributed by atoms with Gasteiger partial charge in [0.15, 0.2) is 5.03 Å². The Morgan fingerprint density at radius 1 is 1.65 bits per heavy atom. The summed E-state index contributed by atoms with van der Waals surface area (Å²) in [5.74, 6) is -1.15. The van der Waals surface area contributed by atoms with Crippen LogP contribution in [0.1, 0.15) is 12.8 Å². The molecule has 1 aromatic heterocycles. The molecule has 0 saturated heterocycles. The average molecular weight is 259 g/mol. The molecule has 1 saturated carbocycles. The van der Waals surface area contributed by atoms with Gasteiger partial charge in [0.1, 0.15) is 6.54 Å². The molecular formula is C9H13N3O4S. The summed E-state index contributed by atoms with van der Waals surface area (Å²) < 4.78 is 26.7. The number of hydrogen-bond acceptors (Lipinski definition) is 4. The first kappa shape index (κ1) is 12.1. The largest absolute Gasteiger partial charge is 0.480 e. The molecule has 0 aliphatic heterocycles. The minimum Gasteiger partial charge on any atom is -0.480 e. The van der Waals surface area contributed by atoms with Gasteiger partial charge < -0.3 is 5.11 Å². The summed E-state index contributed by atoms with van der Waals surface area (Å²) in [6.45, 7) is -0.502. The van der Waals surface area contributed by atoms with E-state index >= 15 is 0 Å². The predicted molar refractivity (Wildman–Crippen MR) is 57.8 cm³/mol. The van der Waals surface area contributed by atoms with Crippen LogP contribution >= 0.6 is 0 Å². The molecule has 0 spiro atoms. The predicted octanol–water partition coefficient (Wildman–Crippen LogP) is -0.342. The Morgan fingerprint density at radius 2 is 2.29 bits per heavy atom. The Kier molecular flexibility index (Phi) is 2.92. The van der Waals surface area contributed by atoms with Crippen LogP contribution in [0.2, 0.25) is 0 Å². The quantitative estimate of drug-likeness (QED) is 0.780. The van der Waals surface area contributed by atoms with Crippen molar-refractivity contribution in [2.75, 3.05) is 6.54 Å². The van der Waals surface area contributed by atoms with Gasteiger partial charge in [0.05, 0.1) is 6.20 Å². The summed E-state index contributed by atoms with van der Waals surface area (Å²) >= 11 is 0. The lowest BCUT2D eigenvalue weighted by Crippen LogP contribution is -2.38. The van der Waals surface area contributed by atoms with Crippen LogP contribution < -0.4 is 0 Å². The van der Waals surface area contributed by atoms with Crippen molar-refractivity contribution in [2.45, 2.75) is 23.9 Å². The fraction of sp³-hybridized carbons (Fsp3) is 0.556. The smallest absolute Gasteiger partial charge is 0.318 e. The van der Waals surface area contributed by atoms with Gasteiger partial charge in [-0.25, -0.2) is 8.42 Å². The number of carbonyl (C=O) groups is 1. The maximum absolute atomic E-state index is 12.2. The Hall–Kier alpha value is -1.41. The number of sulfonamides is 1.